The van der Waals surface area contributed by atoms with Crippen LogP contribution in [0.5, 0.6) is 5.88 Å². The van der Waals surface area contributed by atoms with E-state index in [0.29, 0.717) is 24.3 Å². The van der Waals surface area contributed by atoms with Crippen LogP contribution in [-0.4, -0.2) is 67.8 Å². The molecule has 240 valence electrons. The van der Waals surface area contributed by atoms with E-state index in [1.807, 2.05) is 54.6 Å². The number of benzene rings is 3. The third kappa shape index (κ3) is 6.31. The average Bonchev–Trinajstić information content (AvgIpc) is 3.54. The lowest BCUT2D eigenvalue weighted by molar-refractivity contribution is -0.148. The van der Waals surface area contributed by atoms with Crippen LogP contribution in [0.4, 0.5) is 5.95 Å². The number of amides is 1. The van der Waals surface area contributed by atoms with Gasteiger partial charge in [0.05, 0.1) is 37.1 Å². The number of nitrogens with one attached hydrogen (secondary N) is 1. The molecule has 0 aliphatic carbocycles. The van der Waals surface area contributed by atoms with E-state index in [4.69, 9.17) is 14.7 Å². The van der Waals surface area contributed by atoms with Crippen LogP contribution >= 0.6 is 0 Å². The first kappa shape index (κ1) is 31.8. The summed E-state index contributed by atoms with van der Waals surface area (Å²) in [6, 6.07) is 33.1. The minimum absolute atomic E-state index is 0.0588. The Labute approximate surface area is 273 Å². The van der Waals surface area contributed by atoms with Crippen molar-refractivity contribution in [1.29, 1.82) is 5.26 Å². The highest BCUT2D eigenvalue weighted by molar-refractivity contribution is 5.91. The third-order valence-corrected chi connectivity index (χ3v) is 8.31. The van der Waals surface area contributed by atoms with E-state index in [1.54, 1.807) is 24.7 Å². The normalized spacial score (nSPS) is 17.0. The number of nitrogens with zero attached hydrogens (tertiary/aromatic N) is 6. The molecule has 1 aliphatic rings. The van der Waals surface area contributed by atoms with E-state index in [-0.39, 0.29) is 43.3 Å². The topological polar surface area (TPSA) is 138 Å². The van der Waals surface area contributed by atoms with Crippen molar-refractivity contribution < 1.29 is 19.4 Å². The Balaban J connectivity index is 1.50. The summed E-state index contributed by atoms with van der Waals surface area (Å²) in [5.74, 6) is -0.341. The predicted molar refractivity (Wildman–Crippen MR) is 176 cm³/mol. The maximum Gasteiger partial charge on any atom is 0.247 e. The molecule has 1 saturated heterocycles. The van der Waals surface area contributed by atoms with Gasteiger partial charge in [-0.25, -0.2) is 4.98 Å². The summed E-state index contributed by atoms with van der Waals surface area (Å²) in [5.41, 5.74) is 3.22. The van der Waals surface area contributed by atoms with Gasteiger partial charge in [0.15, 0.2) is 11.2 Å². The Hall–Kier alpha value is -5.15. The minimum atomic E-state index is -0.743. The van der Waals surface area contributed by atoms with Gasteiger partial charge in [0.25, 0.3) is 0 Å². The highest BCUT2D eigenvalue weighted by atomic mass is 16.5. The molecule has 1 aliphatic heterocycles. The fourth-order valence-electron chi connectivity index (χ4n) is 6.14. The Morgan fingerprint density at radius 3 is 2.13 bits per heavy atom. The molecule has 0 bridgehead atoms. The van der Waals surface area contributed by atoms with Crippen molar-refractivity contribution in [2.24, 2.45) is 5.92 Å². The highest BCUT2D eigenvalue weighted by Crippen LogP contribution is 2.45. The van der Waals surface area contributed by atoms with Crippen molar-refractivity contribution in [2.75, 3.05) is 31.6 Å². The molecule has 2 atom stereocenters. The van der Waals surface area contributed by atoms with E-state index < -0.39 is 17.9 Å². The number of anilines is 1. The smallest absolute Gasteiger partial charge is 0.247 e. The maximum atomic E-state index is 12.6. The summed E-state index contributed by atoms with van der Waals surface area (Å²) in [6.45, 7) is 4.28. The van der Waals surface area contributed by atoms with Crippen molar-refractivity contribution in [3.8, 4) is 11.9 Å². The van der Waals surface area contributed by atoms with Crippen LogP contribution in [0.25, 0.3) is 11.2 Å². The second-order valence-corrected chi connectivity index (χ2v) is 11.7. The number of nitriles is 1. The van der Waals surface area contributed by atoms with Crippen molar-refractivity contribution in [1.82, 2.24) is 24.4 Å². The number of hydrogen-bond acceptors (Lipinski definition) is 9. The maximum absolute atomic E-state index is 12.6. The molecule has 0 radical (unpaired) electrons. The quantitative estimate of drug-likeness (QED) is 0.154. The first-order chi connectivity index (χ1) is 22.9. The van der Waals surface area contributed by atoms with Gasteiger partial charge in [0.1, 0.15) is 12.8 Å². The first-order valence-electron chi connectivity index (χ1n) is 15.7. The number of fused-ring (bicyclic) bond motifs is 1. The molecular formula is C36H37N7O4. The van der Waals surface area contributed by atoms with Gasteiger partial charge in [-0.3, -0.25) is 19.6 Å². The SMILES string of the molecule is CC(C)C(=O)Nc1nc(OCCC#N)c2ncn([C@H]3CN(C(c4ccccc4)(c4ccccc4)c4ccccc4)C[C@@H](CO)O3)c2n1. The average molecular weight is 632 g/mol. The van der Waals surface area contributed by atoms with Gasteiger partial charge < -0.3 is 14.6 Å². The van der Waals surface area contributed by atoms with E-state index in [1.165, 1.54) is 0 Å². The zero-order chi connectivity index (χ0) is 32.8. The van der Waals surface area contributed by atoms with E-state index in [0.717, 1.165) is 16.7 Å². The van der Waals surface area contributed by atoms with Crippen LogP contribution in [0.3, 0.4) is 0 Å². The summed E-state index contributed by atoms with van der Waals surface area (Å²) >= 11 is 0. The molecule has 1 amide bonds. The standard InChI is InChI=1S/C36H37N7O4/c1-25(2)33(45)40-35-39-32-31(34(41-35)46-20-12-19-37)38-24-43(32)30-22-42(21-29(23-44)47-30)36(26-13-6-3-7-14-26,27-15-8-4-9-16-27)28-17-10-5-11-18-28/h3-11,13-18,24-25,29-30,44H,12,20-23H2,1-2H3,(H,39,40,41,45)/t29-,30+/m0/s1. The largest absolute Gasteiger partial charge is 0.475 e. The monoisotopic (exact) mass is 631 g/mol. The van der Waals surface area contributed by atoms with E-state index in [2.05, 4.69) is 67.6 Å². The van der Waals surface area contributed by atoms with E-state index in [9.17, 15) is 9.90 Å². The number of imidazole rings is 1. The molecule has 2 aromatic heterocycles. The summed E-state index contributed by atoms with van der Waals surface area (Å²) in [7, 11) is 0. The van der Waals surface area contributed by atoms with Gasteiger partial charge >= 0.3 is 0 Å². The van der Waals surface area contributed by atoms with Gasteiger partial charge in [0.2, 0.25) is 17.7 Å². The second kappa shape index (κ2) is 14.1. The molecule has 3 aromatic carbocycles. The van der Waals surface area contributed by atoms with Crippen molar-refractivity contribution >= 4 is 23.0 Å². The molecule has 11 heteroatoms. The fourth-order valence-corrected chi connectivity index (χ4v) is 6.14. The van der Waals surface area contributed by atoms with Crippen LogP contribution in [0.15, 0.2) is 97.3 Å². The summed E-state index contributed by atoms with van der Waals surface area (Å²) in [5, 5.41) is 22.4. The lowest BCUT2D eigenvalue weighted by atomic mass is 9.75. The lowest BCUT2D eigenvalue weighted by Crippen LogP contribution is -2.57. The fraction of sp³-hybridized carbons (Fsp3) is 0.306. The van der Waals surface area contributed by atoms with Crippen LogP contribution in [0.2, 0.25) is 0 Å². The Bertz CT molecular complexity index is 1750. The Morgan fingerprint density at radius 1 is 1.00 bits per heavy atom. The van der Waals surface area contributed by atoms with E-state index >= 15 is 0 Å². The number of aliphatic hydroxyl groups is 1. The van der Waals surface area contributed by atoms with Gasteiger partial charge in [-0.15, -0.1) is 0 Å². The highest BCUT2D eigenvalue weighted by Gasteiger charge is 2.46. The Morgan fingerprint density at radius 2 is 1.60 bits per heavy atom. The molecule has 6 rings (SSSR count). The van der Waals surface area contributed by atoms with Gasteiger partial charge in [-0.2, -0.15) is 15.2 Å². The number of rotatable bonds is 11. The molecule has 3 heterocycles. The van der Waals surface area contributed by atoms with Crippen molar-refractivity contribution in [3.05, 3.63) is 114 Å². The van der Waals surface area contributed by atoms with Gasteiger partial charge in [0, 0.05) is 19.0 Å². The molecule has 2 N–H and O–H groups in total. The zero-order valence-electron chi connectivity index (χ0n) is 26.4. The summed E-state index contributed by atoms with van der Waals surface area (Å²) in [6.07, 6.45) is 0.578. The molecule has 1 fully saturated rings. The predicted octanol–water partition coefficient (Wildman–Crippen LogP) is 4.90. The number of aliphatic hydroxyl groups excluding tert-OH is 1. The van der Waals surface area contributed by atoms with Gasteiger partial charge in [-0.05, 0) is 16.7 Å². The first-order valence-corrected chi connectivity index (χ1v) is 15.7. The number of ether oxygens (including phenoxy) is 2. The number of morpholine rings is 1. The number of aromatic nitrogens is 4. The molecule has 5 aromatic rings. The molecule has 0 spiro atoms. The lowest BCUT2D eigenvalue weighted by Gasteiger charge is -2.50. The molecule has 0 saturated carbocycles. The molecular weight excluding hydrogens is 594 g/mol. The van der Waals surface area contributed by atoms with Crippen molar-refractivity contribution in [2.45, 2.75) is 38.1 Å². The molecule has 11 nitrogen and oxygen atoms in total. The third-order valence-electron chi connectivity index (χ3n) is 8.31. The molecule has 47 heavy (non-hydrogen) atoms. The van der Waals surface area contributed by atoms with Crippen LogP contribution in [0, 0.1) is 17.2 Å². The summed E-state index contributed by atoms with van der Waals surface area (Å²) in [4.78, 5) is 28.7. The van der Waals surface area contributed by atoms with Crippen LogP contribution in [-0.2, 0) is 15.1 Å². The number of carbonyl (C=O) groups excluding carboxylic acids is 1. The van der Waals surface area contributed by atoms with Crippen molar-refractivity contribution in [3.63, 3.8) is 0 Å². The number of carbonyl (C=O) groups is 1. The van der Waals surface area contributed by atoms with Crippen LogP contribution < -0.4 is 10.1 Å². The number of hydrogen-bond donors (Lipinski definition) is 2. The Kier molecular flexibility index (Phi) is 9.54. The van der Waals surface area contributed by atoms with Crippen LogP contribution in [0.1, 0.15) is 43.2 Å². The zero-order valence-corrected chi connectivity index (χ0v) is 26.4. The molecule has 0 unspecified atom stereocenters. The van der Waals surface area contributed by atoms with Gasteiger partial charge in [-0.1, -0.05) is 105 Å². The summed E-state index contributed by atoms with van der Waals surface area (Å²) < 4.78 is 14.2. The minimum Gasteiger partial charge on any atom is -0.475 e. The second-order valence-electron chi connectivity index (χ2n) is 11.7.